The molecule has 3 rings (SSSR count). The largest absolute Gasteiger partial charge is 0.489 e. The molecule has 0 aliphatic carbocycles. The van der Waals surface area contributed by atoms with Gasteiger partial charge >= 0.3 is 5.97 Å². The first-order valence-electron chi connectivity index (χ1n) is 9.82. The predicted octanol–water partition coefficient (Wildman–Crippen LogP) is 4.64. The smallest absolute Gasteiger partial charge is 0.330 e. The van der Waals surface area contributed by atoms with Gasteiger partial charge in [0, 0.05) is 28.8 Å². The fraction of sp³-hybridized carbons (Fsp3) is 0.250. The van der Waals surface area contributed by atoms with E-state index in [4.69, 9.17) is 9.47 Å². The molecule has 0 fully saturated rings. The fourth-order valence-electron chi connectivity index (χ4n) is 3.18. The van der Waals surface area contributed by atoms with Crippen LogP contribution in [0, 0.1) is 0 Å². The van der Waals surface area contributed by atoms with Crippen molar-refractivity contribution in [1.82, 2.24) is 4.98 Å². The van der Waals surface area contributed by atoms with E-state index >= 15 is 0 Å². The number of ether oxygens (including phenoxy) is 2. The van der Waals surface area contributed by atoms with Crippen LogP contribution in [-0.2, 0) is 22.6 Å². The van der Waals surface area contributed by atoms with E-state index in [1.165, 1.54) is 12.1 Å². The lowest BCUT2D eigenvalue weighted by atomic mass is 10.0. The van der Waals surface area contributed by atoms with Crippen molar-refractivity contribution >= 4 is 22.9 Å². The highest BCUT2D eigenvalue weighted by Gasteiger charge is 2.12. The van der Waals surface area contributed by atoms with Crippen molar-refractivity contribution < 1.29 is 14.3 Å². The number of esters is 1. The molecule has 0 saturated heterocycles. The van der Waals surface area contributed by atoms with Gasteiger partial charge in [-0.05, 0) is 37.1 Å². The third-order valence-electron chi connectivity index (χ3n) is 4.51. The molecular weight excluding hydrogens is 366 g/mol. The Kier molecular flexibility index (Phi) is 6.85. The second kappa shape index (κ2) is 9.73. The quantitative estimate of drug-likeness (QED) is 0.449. The molecule has 0 aliphatic rings. The van der Waals surface area contributed by atoms with Gasteiger partial charge < -0.3 is 14.5 Å². The van der Waals surface area contributed by atoms with Crippen molar-refractivity contribution in [3.05, 3.63) is 81.7 Å². The standard InChI is InChI=1S/C24H25NO4/c1-3-8-20-22(29-16-17-9-6-5-7-10-17)13-12-19-21(26)15-18(25-24(19)20)11-14-23(27)28-4-2/h5-7,9-15H,3-4,8,16H2,1-2H3,(H,25,26). The van der Waals surface area contributed by atoms with Crippen LogP contribution in [0.1, 0.15) is 37.1 Å². The zero-order valence-corrected chi connectivity index (χ0v) is 16.7. The molecule has 1 heterocycles. The summed E-state index contributed by atoms with van der Waals surface area (Å²) in [7, 11) is 0. The summed E-state index contributed by atoms with van der Waals surface area (Å²) < 4.78 is 11.0. The molecule has 29 heavy (non-hydrogen) atoms. The predicted molar refractivity (Wildman–Crippen MR) is 115 cm³/mol. The molecule has 1 aromatic heterocycles. The summed E-state index contributed by atoms with van der Waals surface area (Å²) in [6, 6.07) is 15.1. The minimum atomic E-state index is -0.442. The SMILES string of the molecule is CCCc1c(OCc2ccccc2)ccc2c(=O)cc(C=CC(=O)OCC)[nH]c12. The normalized spacial score (nSPS) is 11.1. The van der Waals surface area contributed by atoms with Crippen molar-refractivity contribution in [3.8, 4) is 5.75 Å². The van der Waals surface area contributed by atoms with Gasteiger partial charge in [0.1, 0.15) is 12.4 Å². The Morgan fingerprint density at radius 1 is 1.10 bits per heavy atom. The number of hydrogen-bond acceptors (Lipinski definition) is 4. The lowest BCUT2D eigenvalue weighted by Gasteiger charge is -2.14. The first-order valence-corrected chi connectivity index (χ1v) is 9.82. The summed E-state index contributed by atoms with van der Waals surface area (Å²) in [6.07, 6.45) is 4.55. The number of H-pyrrole nitrogens is 1. The Hall–Kier alpha value is -3.34. The minimum absolute atomic E-state index is 0.103. The first kappa shape index (κ1) is 20.4. The summed E-state index contributed by atoms with van der Waals surface area (Å²) in [5.74, 6) is 0.313. The van der Waals surface area contributed by atoms with Gasteiger partial charge in [-0.2, -0.15) is 0 Å². The van der Waals surface area contributed by atoms with Crippen LogP contribution in [0.4, 0.5) is 0 Å². The number of hydrogen-bond donors (Lipinski definition) is 1. The van der Waals surface area contributed by atoms with Gasteiger partial charge in [0.25, 0.3) is 0 Å². The van der Waals surface area contributed by atoms with Crippen molar-refractivity contribution in [2.24, 2.45) is 0 Å². The van der Waals surface area contributed by atoms with E-state index < -0.39 is 5.97 Å². The molecule has 0 radical (unpaired) electrons. The van der Waals surface area contributed by atoms with E-state index in [1.54, 1.807) is 19.1 Å². The van der Waals surface area contributed by atoms with Gasteiger partial charge in [0.15, 0.2) is 5.43 Å². The molecule has 150 valence electrons. The average Bonchev–Trinajstić information content (AvgIpc) is 2.73. The molecular formula is C24H25NO4. The molecule has 3 aromatic rings. The Balaban J connectivity index is 1.99. The molecule has 5 heteroatoms. The number of rotatable bonds is 8. The van der Waals surface area contributed by atoms with Gasteiger partial charge in [0.2, 0.25) is 0 Å². The zero-order chi connectivity index (χ0) is 20.6. The highest BCUT2D eigenvalue weighted by Crippen LogP contribution is 2.28. The lowest BCUT2D eigenvalue weighted by molar-refractivity contribution is -0.137. The van der Waals surface area contributed by atoms with Crippen LogP contribution in [0.2, 0.25) is 0 Å². The molecule has 5 nitrogen and oxygen atoms in total. The maximum Gasteiger partial charge on any atom is 0.330 e. The number of benzene rings is 2. The number of nitrogens with one attached hydrogen (secondary N) is 1. The number of fused-ring (bicyclic) bond motifs is 1. The number of aromatic nitrogens is 1. The Morgan fingerprint density at radius 3 is 2.62 bits per heavy atom. The molecule has 0 spiro atoms. The summed E-state index contributed by atoms with van der Waals surface area (Å²) in [5, 5.41) is 0.605. The van der Waals surface area contributed by atoms with E-state index in [2.05, 4.69) is 11.9 Å². The highest BCUT2D eigenvalue weighted by atomic mass is 16.5. The van der Waals surface area contributed by atoms with Crippen LogP contribution < -0.4 is 10.2 Å². The van der Waals surface area contributed by atoms with E-state index in [-0.39, 0.29) is 5.43 Å². The Morgan fingerprint density at radius 2 is 1.90 bits per heavy atom. The Bertz CT molecular complexity index is 1070. The minimum Gasteiger partial charge on any atom is -0.489 e. The van der Waals surface area contributed by atoms with Gasteiger partial charge in [-0.3, -0.25) is 4.79 Å². The maximum absolute atomic E-state index is 12.6. The third-order valence-corrected chi connectivity index (χ3v) is 4.51. The summed E-state index contributed by atoms with van der Waals surface area (Å²) in [6.45, 7) is 4.59. The molecule has 0 bridgehead atoms. The summed E-state index contributed by atoms with van der Waals surface area (Å²) in [5.41, 5.74) is 3.23. The van der Waals surface area contributed by atoms with E-state index in [0.717, 1.165) is 35.2 Å². The van der Waals surface area contributed by atoms with Crippen LogP contribution in [0.3, 0.4) is 0 Å². The molecule has 0 amide bonds. The molecule has 2 aromatic carbocycles. The Labute approximate surface area is 170 Å². The van der Waals surface area contributed by atoms with E-state index in [9.17, 15) is 9.59 Å². The second-order valence-electron chi connectivity index (χ2n) is 6.66. The van der Waals surface area contributed by atoms with Crippen molar-refractivity contribution in [3.63, 3.8) is 0 Å². The van der Waals surface area contributed by atoms with Crippen molar-refractivity contribution in [1.29, 1.82) is 0 Å². The van der Waals surface area contributed by atoms with E-state index in [0.29, 0.717) is 24.3 Å². The van der Waals surface area contributed by atoms with Crippen LogP contribution in [0.25, 0.3) is 17.0 Å². The summed E-state index contributed by atoms with van der Waals surface area (Å²) >= 11 is 0. The van der Waals surface area contributed by atoms with Crippen LogP contribution >= 0.6 is 0 Å². The number of pyridine rings is 1. The maximum atomic E-state index is 12.6. The number of carbonyl (C=O) groups is 1. The van der Waals surface area contributed by atoms with Crippen molar-refractivity contribution in [2.45, 2.75) is 33.3 Å². The second-order valence-corrected chi connectivity index (χ2v) is 6.66. The van der Waals surface area contributed by atoms with Gasteiger partial charge in [0.05, 0.1) is 12.1 Å². The molecule has 1 N–H and O–H groups in total. The number of aromatic amines is 1. The molecule has 0 aliphatic heterocycles. The third kappa shape index (κ3) is 5.13. The summed E-state index contributed by atoms with van der Waals surface area (Å²) in [4.78, 5) is 27.5. The van der Waals surface area contributed by atoms with E-state index in [1.807, 2.05) is 36.4 Å². The zero-order valence-electron chi connectivity index (χ0n) is 16.7. The topological polar surface area (TPSA) is 68.4 Å². The molecule has 0 atom stereocenters. The van der Waals surface area contributed by atoms with Crippen LogP contribution in [0.5, 0.6) is 5.75 Å². The molecule has 0 unspecified atom stereocenters. The number of carbonyl (C=O) groups excluding carboxylic acids is 1. The highest BCUT2D eigenvalue weighted by molar-refractivity contribution is 5.88. The number of aryl methyl sites for hydroxylation is 1. The van der Waals surface area contributed by atoms with Gasteiger partial charge in [-0.25, -0.2) is 4.79 Å². The molecule has 0 saturated carbocycles. The van der Waals surface area contributed by atoms with Gasteiger partial charge in [-0.1, -0.05) is 43.7 Å². The van der Waals surface area contributed by atoms with Crippen molar-refractivity contribution in [2.75, 3.05) is 6.61 Å². The lowest BCUT2D eigenvalue weighted by Crippen LogP contribution is -2.07. The monoisotopic (exact) mass is 391 g/mol. The van der Waals surface area contributed by atoms with Crippen LogP contribution in [0.15, 0.2) is 59.4 Å². The fourth-order valence-corrected chi connectivity index (χ4v) is 3.18. The van der Waals surface area contributed by atoms with Gasteiger partial charge in [-0.15, -0.1) is 0 Å². The average molecular weight is 391 g/mol. The van der Waals surface area contributed by atoms with Crippen LogP contribution in [-0.4, -0.2) is 17.6 Å². The first-order chi connectivity index (χ1) is 14.1.